The molecule has 0 bridgehead atoms. The van der Waals surface area contributed by atoms with Gasteiger partial charge in [0.1, 0.15) is 5.78 Å². The third-order valence-corrected chi connectivity index (χ3v) is 3.13. The minimum Gasteiger partial charge on any atom is -0.396 e. The summed E-state index contributed by atoms with van der Waals surface area (Å²) in [6, 6.07) is 0.468. The number of nitrogens with zero attached hydrogens (tertiary/aromatic N) is 1. The van der Waals surface area contributed by atoms with Crippen LogP contribution in [0.4, 0.5) is 0 Å². The van der Waals surface area contributed by atoms with E-state index in [1.807, 2.05) is 0 Å². The molecule has 88 valence electrons. The van der Waals surface area contributed by atoms with E-state index in [-0.39, 0.29) is 6.61 Å². The molecule has 0 amide bonds. The summed E-state index contributed by atoms with van der Waals surface area (Å²) in [5.74, 6) is 0.300. The standard InChI is InChI=1S/C12H23NO2/c1-11(15)10-12-6-2-3-7-13(12)8-4-5-9-14/h12,14H,2-10H2,1H3. The van der Waals surface area contributed by atoms with Gasteiger partial charge >= 0.3 is 0 Å². The predicted molar refractivity (Wildman–Crippen MR) is 60.8 cm³/mol. The highest BCUT2D eigenvalue weighted by atomic mass is 16.2. The van der Waals surface area contributed by atoms with Crippen LogP contribution >= 0.6 is 0 Å². The second-order valence-corrected chi connectivity index (χ2v) is 4.52. The van der Waals surface area contributed by atoms with E-state index in [2.05, 4.69) is 4.90 Å². The minimum atomic E-state index is 0.283. The highest BCUT2D eigenvalue weighted by Gasteiger charge is 2.22. The molecule has 0 aliphatic carbocycles. The molecule has 1 N–H and O–H groups in total. The number of Topliss-reactive ketones (excluding diaryl/α,β-unsaturated/α-hetero) is 1. The van der Waals surface area contributed by atoms with Crippen LogP contribution in [0.25, 0.3) is 0 Å². The summed E-state index contributed by atoms with van der Waals surface area (Å²) in [5, 5.41) is 8.73. The molecule has 1 atom stereocenters. The van der Waals surface area contributed by atoms with Gasteiger partial charge < -0.3 is 5.11 Å². The molecule has 1 rings (SSSR count). The fourth-order valence-corrected chi connectivity index (χ4v) is 2.34. The fraction of sp³-hybridized carbons (Fsp3) is 0.917. The lowest BCUT2D eigenvalue weighted by Gasteiger charge is -2.35. The van der Waals surface area contributed by atoms with Gasteiger partial charge in [-0.3, -0.25) is 9.69 Å². The van der Waals surface area contributed by atoms with Crippen molar-refractivity contribution < 1.29 is 9.90 Å². The zero-order chi connectivity index (χ0) is 11.1. The van der Waals surface area contributed by atoms with Crippen LogP contribution in [0.15, 0.2) is 0 Å². The van der Waals surface area contributed by atoms with Gasteiger partial charge in [0, 0.05) is 19.1 Å². The van der Waals surface area contributed by atoms with Crippen molar-refractivity contribution in [3.8, 4) is 0 Å². The quantitative estimate of drug-likeness (QED) is 0.681. The second kappa shape index (κ2) is 6.96. The molecule has 1 aliphatic heterocycles. The van der Waals surface area contributed by atoms with E-state index < -0.39 is 0 Å². The lowest BCUT2D eigenvalue weighted by molar-refractivity contribution is -0.118. The molecule has 0 saturated carbocycles. The molecule has 1 aliphatic rings. The van der Waals surface area contributed by atoms with Crippen molar-refractivity contribution >= 4 is 5.78 Å². The fourth-order valence-electron chi connectivity index (χ4n) is 2.34. The van der Waals surface area contributed by atoms with Crippen molar-refractivity contribution in [1.82, 2.24) is 4.90 Å². The Bertz CT molecular complexity index is 194. The van der Waals surface area contributed by atoms with Crippen molar-refractivity contribution in [2.75, 3.05) is 19.7 Å². The molecule has 0 aromatic rings. The first-order chi connectivity index (χ1) is 7.24. The molecule has 0 aromatic carbocycles. The van der Waals surface area contributed by atoms with Crippen LogP contribution in [0.5, 0.6) is 0 Å². The van der Waals surface area contributed by atoms with Gasteiger partial charge in [0.2, 0.25) is 0 Å². The Morgan fingerprint density at radius 2 is 2.20 bits per heavy atom. The Morgan fingerprint density at radius 1 is 1.40 bits per heavy atom. The van der Waals surface area contributed by atoms with E-state index >= 15 is 0 Å². The Kier molecular flexibility index (Phi) is 5.88. The lowest BCUT2D eigenvalue weighted by Crippen LogP contribution is -2.41. The Balaban J connectivity index is 2.32. The first kappa shape index (κ1) is 12.7. The predicted octanol–water partition coefficient (Wildman–Crippen LogP) is 1.59. The van der Waals surface area contributed by atoms with E-state index in [1.165, 1.54) is 19.3 Å². The molecule has 3 nitrogen and oxygen atoms in total. The molecule has 15 heavy (non-hydrogen) atoms. The number of carbonyl (C=O) groups is 1. The lowest BCUT2D eigenvalue weighted by atomic mass is 9.97. The van der Waals surface area contributed by atoms with Crippen LogP contribution in [0, 0.1) is 0 Å². The van der Waals surface area contributed by atoms with Crippen molar-refractivity contribution in [1.29, 1.82) is 0 Å². The van der Waals surface area contributed by atoms with Crippen LogP contribution in [-0.2, 0) is 4.79 Å². The number of piperidine rings is 1. The molecular weight excluding hydrogens is 190 g/mol. The third-order valence-electron chi connectivity index (χ3n) is 3.13. The normalized spacial score (nSPS) is 22.9. The number of aliphatic hydroxyl groups excluding tert-OH is 1. The highest BCUT2D eigenvalue weighted by molar-refractivity contribution is 5.76. The largest absolute Gasteiger partial charge is 0.396 e. The van der Waals surface area contributed by atoms with Gasteiger partial charge in [0.25, 0.3) is 0 Å². The molecule has 1 unspecified atom stereocenters. The van der Waals surface area contributed by atoms with Gasteiger partial charge in [-0.25, -0.2) is 0 Å². The van der Waals surface area contributed by atoms with E-state index in [4.69, 9.17) is 5.11 Å². The zero-order valence-electron chi connectivity index (χ0n) is 9.74. The first-order valence-corrected chi connectivity index (χ1v) is 6.08. The third kappa shape index (κ3) is 4.76. The summed E-state index contributed by atoms with van der Waals surface area (Å²) in [5.41, 5.74) is 0. The van der Waals surface area contributed by atoms with Crippen molar-refractivity contribution in [2.45, 2.75) is 51.5 Å². The minimum absolute atomic E-state index is 0.283. The molecule has 1 fully saturated rings. The topological polar surface area (TPSA) is 40.5 Å². The van der Waals surface area contributed by atoms with E-state index in [0.29, 0.717) is 18.2 Å². The number of rotatable bonds is 6. The summed E-state index contributed by atoms with van der Waals surface area (Å²) in [6.45, 7) is 4.13. The number of carbonyl (C=O) groups excluding carboxylic acids is 1. The van der Waals surface area contributed by atoms with Crippen molar-refractivity contribution in [2.24, 2.45) is 0 Å². The SMILES string of the molecule is CC(=O)CC1CCCCN1CCCCO. The summed E-state index contributed by atoms with van der Waals surface area (Å²) in [7, 11) is 0. The number of hydrogen-bond donors (Lipinski definition) is 1. The van der Waals surface area contributed by atoms with Gasteiger partial charge in [-0.15, -0.1) is 0 Å². The number of ketones is 1. The molecule has 0 spiro atoms. The molecule has 1 saturated heterocycles. The summed E-state index contributed by atoms with van der Waals surface area (Å²) in [4.78, 5) is 13.6. The van der Waals surface area contributed by atoms with Crippen LogP contribution in [0.3, 0.4) is 0 Å². The van der Waals surface area contributed by atoms with Gasteiger partial charge in [0.05, 0.1) is 0 Å². The number of unbranched alkanes of at least 4 members (excludes halogenated alkanes) is 1. The van der Waals surface area contributed by atoms with Crippen LogP contribution in [0.2, 0.25) is 0 Å². The van der Waals surface area contributed by atoms with Gasteiger partial charge in [-0.1, -0.05) is 6.42 Å². The number of hydrogen-bond acceptors (Lipinski definition) is 3. The average molecular weight is 213 g/mol. The Labute approximate surface area is 92.5 Å². The summed E-state index contributed by atoms with van der Waals surface area (Å²) in [6.07, 6.45) is 6.31. The second-order valence-electron chi connectivity index (χ2n) is 4.52. The van der Waals surface area contributed by atoms with Crippen molar-refractivity contribution in [3.63, 3.8) is 0 Å². The summed E-state index contributed by atoms with van der Waals surface area (Å²) >= 11 is 0. The van der Waals surface area contributed by atoms with Gasteiger partial charge in [0.15, 0.2) is 0 Å². The van der Waals surface area contributed by atoms with Gasteiger partial charge in [-0.05, 0) is 45.7 Å². The maximum absolute atomic E-state index is 11.1. The molecule has 1 heterocycles. The zero-order valence-corrected chi connectivity index (χ0v) is 9.74. The monoisotopic (exact) mass is 213 g/mol. The summed E-state index contributed by atoms with van der Waals surface area (Å²) < 4.78 is 0. The van der Waals surface area contributed by atoms with E-state index in [1.54, 1.807) is 6.92 Å². The van der Waals surface area contributed by atoms with Crippen molar-refractivity contribution in [3.05, 3.63) is 0 Å². The molecule has 0 radical (unpaired) electrons. The van der Waals surface area contributed by atoms with E-state index in [9.17, 15) is 4.79 Å². The molecular formula is C12H23NO2. The van der Waals surface area contributed by atoms with Crippen LogP contribution in [0.1, 0.15) is 45.4 Å². The first-order valence-electron chi connectivity index (χ1n) is 6.08. The Morgan fingerprint density at radius 3 is 2.87 bits per heavy atom. The van der Waals surface area contributed by atoms with Crippen LogP contribution < -0.4 is 0 Å². The Hall–Kier alpha value is -0.410. The number of likely N-dealkylation sites (tertiary alicyclic amines) is 1. The molecule has 3 heteroatoms. The maximum Gasteiger partial charge on any atom is 0.131 e. The van der Waals surface area contributed by atoms with E-state index in [0.717, 1.165) is 25.9 Å². The smallest absolute Gasteiger partial charge is 0.131 e. The highest BCUT2D eigenvalue weighted by Crippen LogP contribution is 2.20. The number of aliphatic hydroxyl groups is 1. The van der Waals surface area contributed by atoms with Crippen LogP contribution in [-0.4, -0.2) is 41.5 Å². The maximum atomic E-state index is 11.1. The molecule has 0 aromatic heterocycles. The average Bonchev–Trinajstić information content (AvgIpc) is 2.20. The van der Waals surface area contributed by atoms with Gasteiger partial charge in [-0.2, -0.15) is 0 Å².